The summed E-state index contributed by atoms with van der Waals surface area (Å²) in [5.74, 6) is 0.716. The highest BCUT2D eigenvalue weighted by Gasteiger charge is 2.36. The summed E-state index contributed by atoms with van der Waals surface area (Å²) < 4.78 is 31.5. The number of benzene rings is 1. The van der Waals surface area contributed by atoms with Crippen LogP contribution in [0, 0.1) is 5.82 Å². The summed E-state index contributed by atoms with van der Waals surface area (Å²) in [6.45, 7) is 7.97. The quantitative estimate of drug-likeness (QED) is 0.588. The summed E-state index contributed by atoms with van der Waals surface area (Å²) in [4.78, 5) is 7.35. The van der Waals surface area contributed by atoms with Gasteiger partial charge in [-0.25, -0.2) is 4.39 Å². The van der Waals surface area contributed by atoms with Gasteiger partial charge < -0.3 is 24.4 Å². The number of nitrogens with zero attached hydrogens (tertiary/aromatic N) is 2. The molecular formula is C23H34FN3O3. The number of halogens is 1. The van der Waals surface area contributed by atoms with E-state index in [1.54, 1.807) is 12.1 Å². The van der Waals surface area contributed by atoms with Crippen LogP contribution in [0.2, 0.25) is 0 Å². The first-order valence-corrected chi connectivity index (χ1v) is 11.3. The van der Waals surface area contributed by atoms with Crippen LogP contribution >= 0.6 is 0 Å². The number of rotatable bonds is 5. The Morgan fingerprint density at radius 2 is 2.03 bits per heavy atom. The number of aliphatic imine (C=N–C) groups is 1. The van der Waals surface area contributed by atoms with E-state index in [0.29, 0.717) is 26.4 Å². The van der Waals surface area contributed by atoms with Crippen LogP contribution in [0.1, 0.15) is 38.2 Å². The number of guanidine groups is 1. The molecule has 30 heavy (non-hydrogen) atoms. The zero-order valence-electron chi connectivity index (χ0n) is 17.9. The smallest absolute Gasteiger partial charge is 0.194 e. The summed E-state index contributed by atoms with van der Waals surface area (Å²) >= 11 is 0. The molecule has 4 rings (SSSR count). The van der Waals surface area contributed by atoms with E-state index in [1.807, 2.05) is 6.07 Å². The van der Waals surface area contributed by atoms with Gasteiger partial charge in [0.15, 0.2) is 5.96 Å². The summed E-state index contributed by atoms with van der Waals surface area (Å²) in [5, 5.41) is 3.46. The topological polar surface area (TPSA) is 55.3 Å². The lowest BCUT2D eigenvalue weighted by Crippen LogP contribution is -2.53. The minimum Gasteiger partial charge on any atom is -0.381 e. The molecule has 3 saturated heterocycles. The molecule has 3 aliphatic rings. The van der Waals surface area contributed by atoms with E-state index in [4.69, 9.17) is 19.2 Å². The molecule has 1 aromatic rings. The molecule has 0 aliphatic carbocycles. The van der Waals surface area contributed by atoms with Gasteiger partial charge in [-0.2, -0.15) is 0 Å². The van der Waals surface area contributed by atoms with E-state index < -0.39 is 0 Å². The Bertz CT molecular complexity index is 717. The fourth-order valence-electron chi connectivity index (χ4n) is 4.76. The largest absolute Gasteiger partial charge is 0.381 e. The van der Waals surface area contributed by atoms with Gasteiger partial charge >= 0.3 is 0 Å². The highest BCUT2D eigenvalue weighted by Crippen LogP contribution is 2.35. The summed E-state index contributed by atoms with van der Waals surface area (Å²) in [7, 11) is 0. The average Bonchev–Trinajstić information content (AvgIpc) is 3.32. The normalized spacial score (nSPS) is 27.3. The van der Waals surface area contributed by atoms with Gasteiger partial charge in [-0.3, -0.25) is 4.99 Å². The minimum atomic E-state index is -0.193. The number of ether oxygens (including phenoxy) is 3. The second-order valence-electron chi connectivity index (χ2n) is 8.48. The Hall–Kier alpha value is -1.70. The Morgan fingerprint density at radius 1 is 1.20 bits per heavy atom. The second-order valence-corrected chi connectivity index (χ2v) is 8.48. The van der Waals surface area contributed by atoms with E-state index in [9.17, 15) is 4.39 Å². The van der Waals surface area contributed by atoms with Crippen molar-refractivity contribution in [3.63, 3.8) is 0 Å². The standard InChI is InChI=1S/C23H34FN3O3/c1-2-25-22(27-10-14-30-21(16-27)20-7-4-11-29-20)26-17-23(8-12-28-13-9-23)18-5-3-6-19(24)15-18/h3,5-6,15,20-21H,2,4,7-14,16-17H2,1H3,(H,25,26). The van der Waals surface area contributed by atoms with Crippen LogP contribution in [0.15, 0.2) is 29.3 Å². The minimum absolute atomic E-state index is 0.0883. The van der Waals surface area contributed by atoms with E-state index in [-0.39, 0.29) is 23.4 Å². The van der Waals surface area contributed by atoms with Crippen molar-refractivity contribution in [1.29, 1.82) is 0 Å². The molecule has 1 N–H and O–H groups in total. The first-order chi connectivity index (χ1) is 14.7. The maximum absolute atomic E-state index is 14.0. The maximum Gasteiger partial charge on any atom is 0.194 e. The highest BCUT2D eigenvalue weighted by atomic mass is 19.1. The molecule has 166 valence electrons. The second kappa shape index (κ2) is 10.1. The first-order valence-electron chi connectivity index (χ1n) is 11.3. The lowest BCUT2D eigenvalue weighted by atomic mass is 9.74. The van der Waals surface area contributed by atoms with Gasteiger partial charge in [0, 0.05) is 44.9 Å². The van der Waals surface area contributed by atoms with E-state index in [2.05, 4.69) is 17.1 Å². The van der Waals surface area contributed by atoms with E-state index >= 15 is 0 Å². The van der Waals surface area contributed by atoms with Crippen LogP contribution in [0.5, 0.6) is 0 Å². The van der Waals surface area contributed by atoms with Crippen molar-refractivity contribution in [2.75, 3.05) is 52.6 Å². The van der Waals surface area contributed by atoms with Crippen molar-refractivity contribution in [3.05, 3.63) is 35.6 Å². The lowest BCUT2D eigenvalue weighted by Gasteiger charge is -2.39. The van der Waals surface area contributed by atoms with Crippen LogP contribution in [-0.2, 0) is 19.6 Å². The van der Waals surface area contributed by atoms with Crippen LogP contribution in [0.25, 0.3) is 0 Å². The molecule has 0 amide bonds. The number of hydrogen-bond acceptors (Lipinski definition) is 4. The highest BCUT2D eigenvalue weighted by molar-refractivity contribution is 5.80. The monoisotopic (exact) mass is 419 g/mol. The van der Waals surface area contributed by atoms with E-state index in [1.165, 1.54) is 6.07 Å². The van der Waals surface area contributed by atoms with Crippen LogP contribution in [-0.4, -0.2) is 75.7 Å². The van der Waals surface area contributed by atoms with Crippen LogP contribution in [0.4, 0.5) is 4.39 Å². The van der Waals surface area contributed by atoms with Crippen LogP contribution < -0.4 is 5.32 Å². The number of morpholine rings is 1. The fourth-order valence-corrected chi connectivity index (χ4v) is 4.76. The molecule has 2 atom stereocenters. The van der Waals surface area contributed by atoms with Crippen molar-refractivity contribution in [2.45, 2.75) is 50.2 Å². The molecule has 3 fully saturated rings. The molecule has 3 heterocycles. The Kier molecular flexibility index (Phi) is 7.23. The van der Waals surface area contributed by atoms with Gasteiger partial charge in [0.25, 0.3) is 0 Å². The van der Waals surface area contributed by atoms with E-state index in [0.717, 1.165) is 63.4 Å². The third-order valence-corrected chi connectivity index (χ3v) is 6.53. The summed E-state index contributed by atoms with van der Waals surface area (Å²) in [6.07, 6.45) is 4.14. The predicted octanol–water partition coefficient (Wildman–Crippen LogP) is 2.72. The fraction of sp³-hybridized carbons (Fsp3) is 0.696. The molecule has 7 heteroatoms. The first kappa shape index (κ1) is 21.5. The molecule has 6 nitrogen and oxygen atoms in total. The molecular weight excluding hydrogens is 385 g/mol. The van der Waals surface area contributed by atoms with Gasteiger partial charge in [-0.05, 0) is 50.3 Å². The lowest BCUT2D eigenvalue weighted by molar-refractivity contribution is -0.0817. The molecule has 1 aromatic carbocycles. The molecule has 3 aliphatic heterocycles. The molecule has 0 aromatic heterocycles. The third kappa shape index (κ3) is 4.95. The Morgan fingerprint density at radius 3 is 2.77 bits per heavy atom. The van der Waals surface area contributed by atoms with Gasteiger partial charge in [-0.15, -0.1) is 0 Å². The van der Waals surface area contributed by atoms with Crippen molar-refractivity contribution in [1.82, 2.24) is 10.2 Å². The molecule has 0 bridgehead atoms. The number of hydrogen-bond donors (Lipinski definition) is 1. The molecule has 0 saturated carbocycles. The Labute approximate surface area is 178 Å². The molecule has 2 unspecified atom stereocenters. The SMILES string of the molecule is CCNC(=NCC1(c2cccc(F)c2)CCOCC1)N1CCOC(C2CCCO2)C1. The number of nitrogens with one attached hydrogen (secondary N) is 1. The summed E-state index contributed by atoms with van der Waals surface area (Å²) in [6, 6.07) is 6.99. The van der Waals surface area contributed by atoms with Crippen molar-refractivity contribution in [2.24, 2.45) is 4.99 Å². The van der Waals surface area contributed by atoms with Gasteiger partial charge in [-0.1, -0.05) is 12.1 Å². The zero-order chi connectivity index (χ0) is 20.8. The maximum atomic E-state index is 14.0. The van der Waals surface area contributed by atoms with Crippen molar-refractivity contribution < 1.29 is 18.6 Å². The average molecular weight is 420 g/mol. The van der Waals surface area contributed by atoms with Gasteiger partial charge in [0.05, 0.1) is 19.3 Å². The van der Waals surface area contributed by atoms with Crippen molar-refractivity contribution >= 4 is 5.96 Å². The molecule has 0 radical (unpaired) electrons. The third-order valence-electron chi connectivity index (χ3n) is 6.53. The van der Waals surface area contributed by atoms with Crippen LogP contribution in [0.3, 0.4) is 0 Å². The van der Waals surface area contributed by atoms with Crippen molar-refractivity contribution in [3.8, 4) is 0 Å². The molecule has 0 spiro atoms. The zero-order valence-corrected chi connectivity index (χ0v) is 17.9. The predicted molar refractivity (Wildman–Crippen MR) is 114 cm³/mol. The Balaban J connectivity index is 1.52. The summed E-state index contributed by atoms with van der Waals surface area (Å²) in [5.41, 5.74) is 0.825. The van der Waals surface area contributed by atoms with Gasteiger partial charge in [0.1, 0.15) is 11.9 Å². The van der Waals surface area contributed by atoms with Gasteiger partial charge in [0.2, 0.25) is 0 Å².